The van der Waals surface area contributed by atoms with Crippen LogP contribution in [0.15, 0.2) is 48.5 Å². The summed E-state index contributed by atoms with van der Waals surface area (Å²) in [5.74, 6) is -1.15. The Balaban J connectivity index is 1.36. The normalized spacial score (nSPS) is 15.6. The number of rotatable bonds is 7. The molecule has 1 aliphatic rings. The first-order chi connectivity index (χ1) is 14.7. The van der Waals surface area contributed by atoms with Gasteiger partial charge in [-0.1, -0.05) is 18.2 Å². The van der Waals surface area contributed by atoms with Crippen LogP contribution < -0.4 is 16.0 Å². The van der Waals surface area contributed by atoms with Gasteiger partial charge in [-0.25, -0.2) is 0 Å². The Morgan fingerprint density at radius 1 is 1.00 bits per heavy atom. The SMILES string of the molecule is O=C(CC[C@H]1Cc2ccccc2NC1=O)NCCNC(=O)c1ccc(C(F)(F)F)cc1. The van der Waals surface area contributed by atoms with Crippen LogP contribution in [0.4, 0.5) is 18.9 Å². The van der Waals surface area contributed by atoms with Crippen molar-refractivity contribution in [1.29, 1.82) is 0 Å². The number of amides is 3. The Labute approximate surface area is 177 Å². The molecule has 1 atom stereocenters. The van der Waals surface area contributed by atoms with E-state index in [0.717, 1.165) is 35.5 Å². The molecule has 0 unspecified atom stereocenters. The van der Waals surface area contributed by atoms with E-state index in [1.54, 1.807) is 0 Å². The van der Waals surface area contributed by atoms with Gasteiger partial charge in [0.05, 0.1) is 5.56 Å². The summed E-state index contributed by atoms with van der Waals surface area (Å²) < 4.78 is 37.7. The number of carbonyl (C=O) groups excluding carboxylic acids is 3. The Hall–Kier alpha value is -3.36. The summed E-state index contributed by atoms with van der Waals surface area (Å²) in [4.78, 5) is 36.2. The maximum atomic E-state index is 12.6. The van der Waals surface area contributed by atoms with Gasteiger partial charge < -0.3 is 16.0 Å². The molecule has 2 aromatic rings. The van der Waals surface area contributed by atoms with Crippen LogP contribution in [0, 0.1) is 5.92 Å². The van der Waals surface area contributed by atoms with Crippen LogP contribution in [0.1, 0.15) is 34.3 Å². The molecule has 1 heterocycles. The van der Waals surface area contributed by atoms with Crippen LogP contribution in [0.2, 0.25) is 0 Å². The van der Waals surface area contributed by atoms with Gasteiger partial charge in [-0.15, -0.1) is 0 Å². The van der Waals surface area contributed by atoms with Gasteiger partial charge >= 0.3 is 6.18 Å². The third-order valence-electron chi connectivity index (χ3n) is 5.04. The lowest BCUT2D eigenvalue weighted by molar-refractivity contribution is -0.137. The van der Waals surface area contributed by atoms with Crippen molar-refractivity contribution in [3.63, 3.8) is 0 Å². The van der Waals surface area contributed by atoms with Crippen molar-refractivity contribution in [3.8, 4) is 0 Å². The molecule has 0 saturated carbocycles. The van der Waals surface area contributed by atoms with E-state index in [-0.39, 0.29) is 42.8 Å². The topological polar surface area (TPSA) is 87.3 Å². The van der Waals surface area contributed by atoms with Crippen molar-refractivity contribution < 1.29 is 27.6 Å². The number of fused-ring (bicyclic) bond motifs is 1. The van der Waals surface area contributed by atoms with Crippen molar-refractivity contribution in [2.45, 2.75) is 25.4 Å². The van der Waals surface area contributed by atoms with E-state index in [0.29, 0.717) is 12.8 Å². The number of halogens is 3. The second-order valence-electron chi connectivity index (χ2n) is 7.27. The van der Waals surface area contributed by atoms with Gasteiger partial charge in [-0.3, -0.25) is 14.4 Å². The van der Waals surface area contributed by atoms with Crippen LogP contribution in [0.5, 0.6) is 0 Å². The Bertz CT molecular complexity index is 958. The molecule has 0 saturated heterocycles. The smallest absolute Gasteiger partial charge is 0.354 e. The van der Waals surface area contributed by atoms with Crippen LogP contribution in [-0.4, -0.2) is 30.8 Å². The minimum Gasteiger partial charge on any atom is -0.354 e. The Kier molecular flexibility index (Phi) is 6.94. The summed E-state index contributed by atoms with van der Waals surface area (Å²) in [5.41, 5.74) is 1.12. The molecule has 1 aliphatic heterocycles. The van der Waals surface area contributed by atoms with E-state index in [9.17, 15) is 27.6 Å². The zero-order chi connectivity index (χ0) is 22.4. The maximum Gasteiger partial charge on any atom is 0.416 e. The lowest BCUT2D eigenvalue weighted by atomic mass is 9.89. The number of nitrogens with one attached hydrogen (secondary N) is 3. The quantitative estimate of drug-likeness (QED) is 0.587. The molecule has 0 bridgehead atoms. The van der Waals surface area contributed by atoms with Crippen LogP contribution >= 0.6 is 0 Å². The fraction of sp³-hybridized carbons (Fsp3) is 0.318. The van der Waals surface area contributed by atoms with Gasteiger partial charge in [-0.05, 0) is 48.7 Å². The van der Waals surface area contributed by atoms with E-state index >= 15 is 0 Å². The highest BCUT2D eigenvalue weighted by molar-refractivity contribution is 5.96. The van der Waals surface area contributed by atoms with Gasteiger partial charge in [0.15, 0.2) is 0 Å². The number of hydrogen-bond donors (Lipinski definition) is 3. The summed E-state index contributed by atoms with van der Waals surface area (Å²) in [7, 11) is 0. The molecule has 3 rings (SSSR count). The molecular formula is C22H22F3N3O3. The van der Waals surface area contributed by atoms with Gasteiger partial charge in [0.1, 0.15) is 0 Å². The highest BCUT2D eigenvalue weighted by atomic mass is 19.4. The van der Waals surface area contributed by atoms with Gasteiger partial charge in [0.2, 0.25) is 11.8 Å². The largest absolute Gasteiger partial charge is 0.416 e. The predicted octanol–water partition coefficient (Wildman–Crippen LogP) is 3.14. The zero-order valence-electron chi connectivity index (χ0n) is 16.6. The van der Waals surface area contributed by atoms with Crippen molar-refractivity contribution >= 4 is 23.4 Å². The average molecular weight is 433 g/mol. The lowest BCUT2D eigenvalue weighted by Gasteiger charge is -2.24. The minimum atomic E-state index is -4.46. The van der Waals surface area contributed by atoms with E-state index < -0.39 is 17.6 Å². The lowest BCUT2D eigenvalue weighted by Crippen LogP contribution is -2.35. The predicted molar refractivity (Wildman–Crippen MR) is 108 cm³/mol. The van der Waals surface area contributed by atoms with Gasteiger partial charge in [-0.2, -0.15) is 13.2 Å². The van der Waals surface area contributed by atoms with Crippen LogP contribution in [-0.2, 0) is 22.2 Å². The number of carbonyl (C=O) groups is 3. The molecule has 6 nitrogen and oxygen atoms in total. The molecule has 31 heavy (non-hydrogen) atoms. The molecule has 0 aromatic heterocycles. The molecule has 0 spiro atoms. The molecule has 164 valence electrons. The summed E-state index contributed by atoms with van der Waals surface area (Å²) in [6.07, 6.45) is -3.30. The monoisotopic (exact) mass is 433 g/mol. The third-order valence-corrected chi connectivity index (χ3v) is 5.04. The number of anilines is 1. The number of benzene rings is 2. The summed E-state index contributed by atoms with van der Waals surface area (Å²) in [6.45, 7) is 0.299. The summed E-state index contributed by atoms with van der Waals surface area (Å²) in [6, 6.07) is 11.4. The fourth-order valence-corrected chi connectivity index (χ4v) is 3.33. The number of para-hydroxylation sites is 1. The van der Waals surface area contributed by atoms with Crippen LogP contribution in [0.25, 0.3) is 0 Å². The van der Waals surface area contributed by atoms with Crippen molar-refractivity contribution in [1.82, 2.24) is 10.6 Å². The van der Waals surface area contributed by atoms with Crippen LogP contribution in [0.3, 0.4) is 0 Å². The summed E-state index contributed by atoms with van der Waals surface area (Å²) >= 11 is 0. The van der Waals surface area contributed by atoms with E-state index in [1.165, 1.54) is 0 Å². The fourth-order valence-electron chi connectivity index (χ4n) is 3.33. The number of hydrogen-bond acceptors (Lipinski definition) is 3. The highest BCUT2D eigenvalue weighted by Crippen LogP contribution is 2.29. The van der Waals surface area contributed by atoms with Crippen molar-refractivity contribution in [3.05, 3.63) is 65.2 Å². The minimum absolute atomic E-state index is 0.0999. The molecule has 3 N–H and O–H groups in total. The first-order valence-electron chi connectivity index (χ1n) is 9.85. The third kappa shape index (κ3) is 6.07. The standard InChI is InChI=1S/C22H22F3N3O3/c23-22(24,25)17-8-5-14(6-9-17)20(30)27-12-11-26-19(29)10-7-16-13-15-3-1-2-4-18(15)28-21(16)31/h1-6,8-9,16H,7,10-13H2,(H,26,29)(H,27,30)(H,28,31)/t16-/m0/s1. The zero-order valence-corrected chi connectivity index (χ0v) is 16.6. The van der Waals surface area contributed by atoms with Crippen molar-refractivity contribution in [2.75, 3.05) is 18.4 Å². The second-order valence-corrected chi connectivity index (χ2v) is 7.27. The van der Waals surface area contributed by atoms with Gasteiger partial charge in [0.25, 0.3) is 5.91 Å². The van der Waals surface area contributed by atoms with E-state index in [4.69, 9.17) is 0 Å². The highest BCUT2D eigenvalue weighted by Gasteiger charge is 2.30. The molecule has 0 fully saturated rings. The summed E-state index contributed by atoms with van der Waals surface area (Å²) in [5, 5.41) is 8.04. The Morgan fingerprint density at radius 3 is 2.39 bits per heavy atom. The number of alkyl halides is 3. The van der Waals surface area contributed by atoms with Crippen molar-refractivity contribution in [2.24, 2.45) is 5.92 Å². The first-order valence-corrected chi connectivity index (χ1v) is 9.85. The Morgan fingerprint density at radius 2 is 1.68 bits per heavy atom. The van der Waals surface area contributed by atoms with E-state index in [2.05, 4.69) is 16.0 Å². The average Bonchev–Trinajstić information content (AvgIpc) is 2.74. The molecule has 3 amide bonds. The maximum absolute atomic E-state index is 12.6. The first kappa shape index (κ1) is 22.3. The molecule has 2 aromatic carbocycles. The molecule has 0 radical (unpaired) electrons. The molecule has 0 aliphatic carbocycles. The molecular weight excluding hydrogens is 411 g/mol. The second kappa shape index (κ2) is 9.63. The van der Waals surface area contributed by atoms with E-state index in [1.807, 2.05) is 24.3 Å². The van der Waals surface area contributed by atoms with Gasteiger partial charge in [0, 0.05) is 36.7 Å². The molecule has 9 heteroatoms.